The minimum atomic E-state index is -0.745. The lowest BCUT2D eigenvalue weighted by molar-refractivity contribution is 0.146. The lowest BCUT2D eigenvalue weighted by Crippen LogP contribution is -2.24. The van der Waals surface area contributed by atoms with E-state index in [1.807, 2.05) is 0 Å². The van der Waals surface area contributed by atoms with Gasteiger partial charge in [-0.25, -0.2) is 9.38 Å². The molecule has 1 heterocycles. The monoisotopic (exact) mass is 385 g/mol. The third-order valence-electron chi connectivity index (χ3n) is 3.65. The summed E-state index contributed by atoms with van der Waals surface area (Å²) < 4.78 is 25.1. The van der Waals surface area contributed by atoms with E-state index < -0.39 is 5.82 Å². The van der Waals surface area contributed by atoms with Crippen LogP contribution in [0.25, 0.3) is 0 Å². The normalized spacial score (nSPS) is 11.4. The minimum absolute atomic E-state index is 0.0887. The topological polar surface area (TPSA) is 107 Å². The number of nitrogens with two attached hydrogens (primary N) is 1. The van der Waals surface area contributed by atoms with Crippen LogP contribution in [-0.2, 0) is 4.74 Å². The quantitative estimate of drug-likeness (QED) is 0.328. The summed E-state index contributed by atoms with van der Waals surface area (Å²) >= 11 is 0. The first kappa shape index (κ1) is 19.2. The first-order chi connectivity index (χ1) is 13.5. The van der Waals surface area contributed by atoms with E-state index in [0.29, 0.717) is 40.8 Å². The number of nitrogen functional groups attached to an aromatic ring is 1. The smallest absolute Gasteiger partial charge is 0.265 e. The first-order valence-corrected chi connectivity index (χ1v) is 8.43. The van der Waals surface area contributed by atoms with E-state index in [4.69, 9.17) is 15.2 Å². The van der Waals surface area contributed by atoms with Gasteiger partial charge in [0, 0.05) is 18.5 Å². The molecule has 3 aromatic rings. The van der Waals surface area contributed by atoms with Crippen molar-refractivity contribution in [1.29, 1.82) is 0 Å². The summed E-state index contributed by atoms with van der Waals surface area (Å²) in [6, 6.07) is 13.6. The Balaban J connectivity index is 1.85. The van der Waals surface area contributed by atoms with Gasteiger partial charge in [-0.1, -0.05) is 6.07 Å². The van der Waals surface area contributed by atoms with Crippen molar-refractivity contribution in [3.8, 4) is 5.75 Å². The van der Waals surface area contributed by atoms with Gasteiger partial charge in [0.05, 0.1) is 18.5 Å². The fourth-order valence-electron chi connectivity index (χ4n) is 2.32. The number of nitrogens with one attached hydrogen (secondary N) is 1. The highest BCUT2D eigenvalue weighted by Crippen LogP contribution is 2.19. The number of nitrogens with zero attached hydrogens (tertiary/aromatic N) is 3. The van der Waals surface area contributed by atoms with Gasteiger partial charge in [-0.2, -0.15) is 9.71 Å². The van der Waals surface area contributed by atoms with Crippen LogP contribution in [0, 0.1) is 5.82 Å². The molecule has 0 unspecified atom stereocenters. The Morgan fingerprint density at radius 3 is 2.71 bits per heavy atom. The molecule has 146 valence electrons. The summed E-state index contributed by atoms with van der Waals surface area (Å²) in [5, 5.41) is 12.7. The summed E-state index contributed by atoms with van der Waals surface area (Å²) in [7, 11) is 1.60. The molecule has 0 amide bonds. The standard InChI is InChI=1S/C19H20FN5O3/c1-27-9-10-28-16-7-5-14(6-8-16)23-19-24-18(17(20)12-25(19)26)22-15-4-2-3-13(21)11-15/h2-8,11-12,26H,9-10,21H2,1H3,(H,22,23,24). The van der Waals surface area contributed by atoms with E-state index in [-0.39, 0.29) is 11.4 Å². The van der Waals surface area contributed by atoms with Crippen LogP contribution in [0.5, 0.6) is 5.75 Å². The molecule has 2 aromatic carbocycles. The summed E-state index contributed by atoms with van der Waals surface area (Å²) in [5.74, 6) is -0.177. The Bertz CT molecular complexity index is 1010. The number of methoxy groups -OCH3 is 1. The van der Waals surface area contributed by atoms with Gasteiger partial charge in [0.2, 0.25) is 0 Å². The van der Waals surface area contributed by atoms with Crippen LogP contribution >= 0.6 is 0 Å². The largest absolute Gasteiger partial charge is 0.491 e. The fraction of sp³-hybridized carbons (Fsp3) is 0.158. The molecule has 8 nitrogen and oxygen atoms in total. The molecule has 1 aromatic heterocycles. The van der Waals surface area contributed by atoms with Crippen LogP contribution in [0.3, 0.4) is 0 Å². The van der Waals surface area contributed by atoms with Crippen LogP contribution in [0.4, 0.5) is 27.3 Å². The molecule has 0 atom stereocenters. The van der Waals surface area contributed by atoms with Gasteiger partial charge in [-0.05, 0) is 42.5 Å². The fourth-order valence-corrected chi connectivity index (χ4v) is 2.32. The van der Waals surface area contributed by atoms with Crippen molar-refractivity contribution < 1.29 is 19.1 Å². The second-order valence-corrected chi connectivity index (χ2v) is 5.78. The van der Waals surface area contributed by atoms with Gasteiger partial charge in [0.1, 0.15) is 12.4 Å². The Morgan fingerprint density at radius 1 is 1.21 bits per heavy atom. The Morgan fingerprint density at radius 2 is 2.00 bits per heavy atom. The number of anilines is 3. The molecule has 0 fully saturated rings. The Labute approximate surface area is 160 Å². The van der Waals surface area contributed by atoms with Crippen molar-refractivity contribution in [1.82, 2.24) is 9.71 Å². The summed E-state index contributed by atoms with van der Waals surface area (Å²) in [6.07, 6.45) is 0.878. The third-order valence-corrected chi connectivity index (χ3v) is 3.65. The maximum atomic E-state index is 14.2. The number of benzene rings is 2. The molecule has 0 aliphatic heterocycles. The van der Waals surface area contributed by atoms with E-state index in [2.05, 4.69) is 15.3 Å². The second kappa shape index (κ2) is 8.87. The molecule has 0 bridgehead atoms. The summed E-state index contributed by atoms with van der Waals surface area (Å²) in [5.41, 5.74) is 7.22. The SMILES string of the molecule is COCCOc1ccc(N=c2nc(Nc3cccc(N)c3)c(F)cn2O)cc1. The van der Waals surface area contributed by atoms with E-state index in [0.717, 1.165) is 6.20 Å². The van der Waals surface area contributed by atoms with Crippen LogP contribution in [0.2, 0.25) is 0 Å². The number of ether oxygens (including phenoxy) is 2. The van der Waals surface area contributed by atoms with Crippen molar-refractivity contribution in [2.45, 2.75) is 0 Å². The van der Waals surface area contributed by atoms with Crippen molar-refractivity contribution in [3.05, 3.63) is 66.2 Å². The number of hydrogen-bond donors (Lipinski definition) is 3. The molecule has 0 aliphatic rings. The zero-order valence-corrected chi connectivity index (χ0v) is 15.2. The number of hydrogen-bond acceptors (Lipinski definition) is 7. The molecule has 0 aliphatic carbocycles. The third kappa shape index (κ3) is 4.98. The molecule has 9 heteroatoms. The Kier molecular flexibility index (Phi) is 6.07. The van der Waals surface area contributed by atoms with Crippen molar-refractivity contribution in [2.24, 2.45) is 4.99 Å². The lowest BCUT2D eigenvalue weighted by Gasteiger charge is -2.08. The highest BCUT2D eigenvalue weighted by atomic mass is 19.1. The van der Waals surface area contributed by atoms with Crippen molar-refractivity contribution in [3.63, 3.8) is 0 Å². The molecule has 0 saturated heterocycles. The molecule has 3 rings (SSSR count). The van der Waals surface area contributed by atoms with Gasteiger partial charge < -0.3 is 25.7 Å². The zero-order chi connectivity index (χ0) is 19.9. The number of aromatic nitrogens is 2. The molecular formula is C19H20FN5O3. The minimum Gasteiger partial charge on any atom is -0.491 e. The molecule has 0 spiro atoms. The number of rotatable bonds is 7. The van der Waals surface area contributed by atoms with E-state index in [1.54, 1.807) is 55.6 Å². The van der Waals surface area contributed by atoms with Crippen LogP contribution in [0.1, 0.15) is 0 Å². The molecule has 0 radical (unpaired) electrons. The maximum Gasteiger partial charge on any atom is 0.265 e. The summed E-state index contributed by atoms with van der Waals surface area (Å²) in [6.45, 7) is 0.918. The van der Waals surface area contributed by atoms with Gasteiger partial charge >= 0.3 is 0 Å². The average Bonchev–Trinajstić information content (AvgIpc) is 2.67. The molecule has 28 heavy (non-hydrogen) atoms. The van der Waals surface area contributed by atoms with Gasteiger partial charge in [0.15, 0.2) is 11.6 Å². The second-order valence-electron chi connectivity index (χ2n) is 5.78. The number of halogens is 1. The van der Waals surface area contributed by atoms with Crippen LogP contribution in [0.15, 0.2) is 59.7 Å². The molecule has 4 N–H and O–H groups in total. The van der Waals surface area contributed by atoms with Gasteiger partial charge in [-0.3, -0.25) is 0 Å². The van der Waals surface area contributed by atoms with Crippen LogP contribution in [-0.4, -0.2) is 35.2 Å². The molecule has 0 saturated carbocycles. The predicted molar refractivity (Wildman–Crippen MR) is 103 cm³/mol. The van der Waals surface area contributed by atoms with E-state index in [1.165, 1.54) is 0 Å². The van der Waals surface area contributed by atoms with Gasteiger partial charge in [-0.15, -0.1) is 0 Å². The zero-order valence-electron chi connectivity index (χ0n) is 15.2. The van der Waals surface area contributed by atoms with E-state index >= 15 is 0 Å². The molecular weight excluding hydrogens is 365 g/mol. The van der Waals surface area contributed by atoms with Crippen LogP contribution < -0.4 is 21.4 Å². The van der Waals surface area contributed by atoms with E-state index in [9.17, 15) is 9.60 Å². The van der Waals surface area contributed by atoms with Gasteiger partial charge in [0.25, 0.3) is 5.62 Å². The summed E-state index contributed by atoms with van der Waals surface area (Å²) in [4.78, 5) is 8.28. The lowest BCUT2D eigenvalue weighted by atomic mass is 10.3. The Hall–Kier alpha value is -3.59. The average molecular weight is 385 g/mol. The maximum absolute atomic E-state index is 14.2. The highest BCUT2D eigenvalue weighted by Gasteiger charge is 2.08. The van der Waals surface area contributed by atoms with Crippen molar-refractivity contribution >= 4 is 22.9 Å². The first-order valence-electron chi connectivity index (χ1n) is 8.43. The predicted octanol–water partition coefficient (Wildman–Crippen LogP) is 2.84. The highest BCUT2D eigenvalue weighted by molar-refractivity contribution is 5.61. The van der Waals surface area contributed by atoms with Crippen molar-refractivity contribution in [2.75, 3.05) is 31.4 Å².